The van der Waals surface area contributed by atoms with E-state index in [2.05, 4.69) is 20.0 Å². The molecule has 3 aromatic heterocycles. The van der Waals surface area contributed by atoms with Gasteiger partial charge in [-0.15, -0.1) is 5.10 Å². The van der Waals surface area contributed by atoms with Crippen LogP contribution in [0.1, 0.15) is 0 Å². The van der Waals surface area contributed by atoms with E-state index >= 15 is 0 Å². The molecule has 4 rings (SSSR count). The Kier molecular flexibility index (Phi) is 4.65. The quantitative estimate of drug-likeness (QED) is 0.680. The highest BCUT2D eigenvalue weighted by Gasteiger charge is 2.17. The molecule has 24 heavy (non-hydrogen) atoms. The summed E-state index contributed by atoms with van der Waals surface area (Å²) in [6.45, 7) is 4.14. The number of imidazole rings is 1. The fraction of sp³-hybridized carbons (Fsp3) is 0.400. The van der Waals surface area contributed by atoms with Crippen molar-refractivity contribution in [2.45, 2.75) is 4.34 Å². The van der Waals surface area contributed by atoms with Crippen molar-refractivity contribution in [3.8, 4) is 11.4 Å². The Balaban J connectivity index is 1.45. The number of rotatable bonds is 5. The fourth-order valence-electron chi connectivity index (χ4n) is 2.54. The second-order valence-electron chi connectivity index (χ2n) is 5.44. The first-order valence-corrected chi connectivity index (χ1v) is 9.89. The maximum atomic E-state index is 12.5. The van der Waals surface area contributed by atoms with Gasteiger partial charge in [0.2, 0.25) is 9.30 Å². The summed E-state index contributed by atoms with van der Waals surface area (Å²) in [6.07, 6.45) is 3.57. The van der Waals surface area contributed by atoms with Gasteiger partial charge < -0.3 is 4.74 Å². The number of pyridine rings is 1. The average Bonchev–Trinajstić information content (AvgIpc) is 3.20. The van der Waals surface area contributed by atoms with Crippen molar-refractivity contribution < 1.29 is 8.95 Å². The highest BCUT2D eigenvalue weighted by molar-refractivity contribution is 7.87. The van der Waals surface area contributed by atoms with E-state index in [9.17, 15) is 4.21 Å². The summed E-state index contributed by atoms with van der Waals surface area (Å²) in [6, 6.07) is 5.71. The van der Waals surface area contributed by atoms with E-state index in [1.807, 2.05) is 24.4 Å². The molecule has 1 atom stereocenters. The number of nitrogens with zero attached hydrogens (tertiary/aromatic N) is 5. The van der Waals surface area contributed by atoms with Crippen LogP contribution in [0.4, 0.5) is 0 Å². The van der Waals surface area contributed by atoms with E-state index < -0.39 is 10.8 Å². The van der Waals surface area contributed by atoms with Crippen LogP contribution < -0.4 is 0 Å². The molecule has 1 saturated heterocycles. The van der Waals surface area contributed by atoms with Gasteiger partial charge in [0.15, 0.2) is 0 Å². The third kappa shape index (κ3) is 3.39. The summed E-state index contributed by atoms with van der Waals surface area (Å²) >= 11 is 1.38. The second-order valence-corrected chi connectivity index (χ2v) is 8.14. The number of aromatic nitrogens is 4. The lowest BCUT2D eigenvalue weighted by Gasteiger charge is -2.25. The van der Waals surface area contributed by atoms with Crippen molar-refractivity contribution in [3.05, 3.63) is 30.6 Å². The predicted octanol–water partition coefficient (Wildman–Crippen LogP) is 1.29. The van der Waals surface area contributed by atoms with Crippen LogP contribution in [0.15, 0.2) is 34.9 Å². The molecule has 1 aliphatic heterocycles. The fourth-order valence-corrected chi connectivity index (χ4v) is 4.77. The van der Waals surface area contributed by atoms with E-state index in [0.29, 0.717) is 10.1 Å². The van der Waals surface area contributed by atoms with E-state index in [-0.39, 0.29) is 0 Å². The predicted molar refractivity (Wildman–Crippen MR) is 92.6 cm³/mol. The maximum absolute atomic E-state index is 12.5. The molecule has 3 aromatic rings. The normalized spacial score (nSPS) is 17.3. The largest absolute Gasteiger partial charge is 0.379 e. The van der Waals surface area contributed by atoms with E-state index in [1.165, 1.54) is 11.3 Å². The minimum atomic E-state index is -1.10. The van der Waals surface area contributed by atoms with Gasteiger partial charge in [-0.05, 0) is 12.1 Å². The smallest absolute Gasteiger partial charge is 0.213 e. The zero-order chi connectivity index (χ0) is 16.4. The minimum Gasteiger partial charge on any atom is -0.379 e. The Morgan fingerprint density at radius 3 is 2.88 bits per heavy atom. The van der Waals surface area contributed by atoms with Crippen molar-refractivity contribution in [1.29, 1.82) is 0 Å². The highest BCUT2D eigenvalue weighted by atomic mass is 32.2. The minimum absolute atomic E-state index is 0.587. The third-order valence-electron chi connectivity index (χ3n) is 3.84. The van der Waals surface area contributed by atoms with Gasteiger partial charge in [0, 0.05) is 31.6 Å². The Morgan fingerprint density at radius 2 is 2.12 bits per heavy atom. The molecule has 0 radical (unpaired) electrons. The molecule has 0 spiro atoms. The number of fused-ring (bicyclic) bond motifs is 1. The Labute approximate surface area is 145 Å². The summed E-state index contributed by atoms with van der Waals surface area (Å²) in [4.78, 5) is 11.8. The van der Waals surface area contributed by atoms with Gasteiger partial charge in [0.05, 0.1) is 35.9 Å². The first-order valence-electron chi connectivity index (χ1n) is 7.76. The van der Waals surface area contributed by atoms with Crippen LogP contribution >= 0.6 is 11.3 Å². The SMILES string of the molecule is O=S(CCN1CCOCC1)c1nn2cc(-c3ccccn3)nc2s1. The van der Waals surface area contributed by atoms with Gasteiger partial charge in [0.25, 0.3) is 0 Å². The Hall–Kier alpha value is -1.68. The van der Waals surface area contributed by atoms with Gasteiger partial charge in [-0.2, -0.15) is 0 Å². The molecule has 1 unspecified atom stereocenters. The van der Waals surface area contributed by atoms with Crippen LogP contribution in [0, 0.1) is 0 Å². The summed E-state index contributed by atoms with van der Waals surface area (Å²) in [5, 5.41) is 4.42. The third-order valence-corrected chi connectivity index (χ3v) is 6.39. The number of morpholine rings is 1. The van der Waals surface area contributed by atoms with Gasteiger partial charge in [-0.1, -0.05) is 17.4 Å². The van der Waals surface area contributed by atoms with Crippen molar-refractivity contribution in [2.75, 3.05) is 38.6 Å². The molecule has 126 valence electrons. The second kappa shape index (κ2) is 7.06. The molecule has 0 aromatic carbocycles. The van der Waals surface area contributed by atoms with Gasteiger partial charge in [-0.25, -0.2) is 9.50 Å². The summed E-state index contributed by atoms with van der Waals surface area (Å²) in [7, 11) is -1.10. The Bertz CT molecular complexity index is 811. The Morgan fingerprint density at radius 1 is 1.25 bits per heavy atom. The van der Waals surface area contributed by atoms with Crippen LogP contribution in [0.25, 0.3) is 16.3 Å². The lowest BCUT2D eigenvalue weighted by atomic mass is 10.3. The maximum Gasteiger partial charge on any atom is 0.213 e. The molecule has 0 amide bonds. The molecule has 9 heteroatoms. The van der Waals surface area contributed by atoms with Gasteiger partial charge in [-0.3, -0.25) is 14.1 Å². The first-order chi connectivity index (χ1) is 11.8. The molecule has 0 aliphatic carbocycles. The first kappa shape index (κ1) is 15.8. The molecule has 7 nitrogen and oxygen atoms in total. The number of ether oxygens (including phenoxy) is 1. The van der Waals surface area contributed by atoms with Crippen LogP contribution in [0.2, 0.25) is 0 Å². The van der Waals surface area contributed by atoms with Gasteiger partial charge in [0.1, 0.15) is 5.69 Å². The zero-order valence-corrected chi connectivity index (χ0v) is 14.6. The summed E-state index contributed by atoms with van der Waals surface area (Å²) < 4.78 is 20.1. The summed E-state index contributed by atoms with van der Waals surface area (Å²) in [5.41, 5.74) is 1.59. The van der Waals surface area contributed by atoms with Crippen molar-refractivity contribution in [3.63, 3.8) is 0 Å². The van der Waals surface area contributed by atoms with Crippen molar-refractivity contribution >= 4 is 27.1 Å². The van der Waals surface area contributed by atoms with Gasteiger partial charge >= 0.3 is 0 Å². The van der Waals surface area contributed by atoms with E-state index in [4.69, 9.17) is 4.74 Å². The molecule has 1 aliphatic rings. The van der Waals surface area contributed by atoms with Crippen LogP contribution in [0.5, 0.6) is 0 Å². The van der Waals surface area contributed by atoms with Crippen LogP contribution in [-0.2, 0) is 15.5 Å². The topological polar surface area (TPSA) is 72.6 Å². The number of hydrogen-bond donors (Lipinski definition) is 0. The van der Waals surface area contributed by atoms with E-state index in [0.717, 1.165) is 49.2 Å². The van der Waals surface area contributed by atoms with Crippen LogP contribution in [-0.4, -0.2) is 67.3 Å². The molecule has 0 N–H and O–H groups in total. The lowest BCUT2D eigenvalue weighted by Crippen LogP contribution is -2.38. The van der Waals surface area contributed by atoms with Crippen molar-refractivity contribution in [2.24, 2.45) is 0 Å². The lowest BCUT2D eigenvalue weighted by molar-refractivity contribution is 0.0409. The molecule has 0 bridgehead atoms. The monoisotopic (exact) mass is 363 g/mol. The molecule has 1 fully saturated rings. The average molecular weight is 363 g/mol. The molecule has 4 heterocycles. The molecular weight excluding hydrogens is 346 g/mol. The molecular formula is C15H17N5O2S2. The highest BCUT2D eigenvalue weighted by Crippen LogP contribution is 2.22. The van der Waals surface area contributed by atoms with E-state index in [1.54, 1.807) is 10.7 Å². The standard InChI is InChI=1S/C15H17N5O2S2/c21-24(10-7-19-5-8-22-9-6-19)15-18-20-11-13(17-14(20)23-15)12-3-1-2-4-16-12/h1-4,11H,5-10H2. The van der Waals surface area contributed by atoms with Crippen LogP contribution in [0.3, 0.4) is 0 Å². The number of hydrogen-bond acceptors (Lipinski definition) is 7. The summed E-state index contributed by atoms with van der Waals surface area (Å²) in [5.74, 6) is 0.587. The molecule has 0 saturated carbocycles. The zero-order valence-electron chi connectivity index (χ0n) is 13.0. The van der Waals surface area contributed by atoms with Crippen molar-refractivity contribution in [1.82, 2.24) is 24.5 Å².